The molecule has 5 rings (SSSR count). The number of nitrogens with one attached hydrogen (secondary N) is 1. The van der Waals surface area contributed by atoms with E-state index in [-0.39, 0.29) is 18.4 Å². The number of hydrogen-bond acceptors (Lipinski definition) is 4. The average molecular weight is 483 g/mol. The molecule has 36 heavy (non-hydrogen) atoms. The second kappa shape index (κ2) is 9.77. The second-order valence-electron chi connectivity index (χ2n) is 8.94. The first-order valence-electron chi connectivity index (χ1n) is 12.0. The van der Waals surface area contributed by atoms with E-state index in [9.17, 15) is 9.18 Å². The van der Waals surface area contributed by atoms with Gasteiger partial charge in [0.05, 0.1) is 18.2 Å². The second-order valence-corrected chi connectivity index (χ2v) is 8.94. The number of benzene rings is 3. The molecule has 6 nitrogen and oxygen atoms in total. The Morgan fingerprint density at radius 3 is 2.42 bits per heavy atom. The number of rotatable bonds is 6. The lowest BCUT2D eigenvalue weighted by Crippen LogP contribution is -2.45. The van der Waals surface area contributed by atoms with Gasteiger partial charge in [0.2, 0.25) is 5.82 Å². The molecule has 1 atom stereocenters. The molecule has 0 fully saturated rings. The number of carbonyl (C=O) groups is 1. The first-order valence-corrected chi connectivity index (χ1v) is 12.0. The fourth-order valence-electron chi connectivity index (χ4n) is 4.39. The molecule has 2 heterocycles. The van der Waals surface area contributed by atoms with Crippen LogP contribution in [0.4, 0.5) is 9.18 Å². The van der Waals surface area contributed by atoms with Crippen molar-refractivity contribution in [3.8, 4) is 11.4 Å². The van der Waals surface area contributed by atoms with Gasteiger partial charge in [0.1, 0.15) is 5.82 Å². The Bertz CT molecular complexity index is 1420. The van der Waals surface area contributed by atoms with Gasteiger partial charge < -0.3 is 9.84 Å². The number of nitrogens with zero attached hydrogens (tertiary/aromatic N) is 3. The van der Waals surface area contributed by atoms with Crippen LogP contribution in [0.25, 0.3) is 17.0 Å². The SMILES string of the molecule is CCc1ccc(C2NC(=O)N(Cc3ccccc3F)C(C)=C2c2nc(-c3ccc(C)cc3)no2)cc1. The van der Waals surface area contributed by atoms with Gasteiger partial charge in [0, 0.05) is 16.8 Å². The minimum absolute atomic E-state index is 0.0777. The van der Waals surface area contributed by atoms with Gasteiger partial charge in [0.15, 0.2) is 0 Å². The molecular weight excluding hydrogens is 455 g/mol. The molecule has 1 aliphatic rings. The highest BCUT2D eigenvalue weighted by atomic mass is 19.1. The molecule has 0 radical (unpaired) electrons. The zero-order valence-electron chi connectivity index (χ0n) is 20.5. The van der Waals surface area contributed by atoms with Crippen molar-refractivity contribution in [1.82, 2.24) is 20.4 Å². The smallest absolute Gasteiger partial charge is 0.322 e. The fraction of sp³-hybridized carbons (Fsp3) is 0.207. The van der Waals surface area contributed by atoms with Crippen LogP contribution in [0, 0.1) is 12.7 Å². The molecular formula is C29H27FN4O2. The summed E-state index contributed by atoms with van der Waals surface area (Å²) in [7, 11) is 0. The van der Waals surface area contributed by atoms with Crippen molar-refractivity contribution in [3.63, 3.8) is 0 Å². The van der Waals surface area contributed by atoms with E-state index < -0.39 is 6.04 Å². The molecule has 4 aromatic rings. The maximum atomic E-state index is 14.4. The van der Waals surface area contributed by atoms with Crippen molar-refractivity contribution in [2.24, 2.45) is 0 Å². The number of urea groups is 1. The molecule has 3 aromatic carbocycles. The van der Waals surface area contributed by atoms with E-state index in [1.54, 1.807) is 18.2 Å². The van der Waals surface area contributed by atoms with Crippen molar-refractivity contribution in [3.05, 3.63) is 112 Å². The Morgan fingerprint density at radius 1 is 1.00 bits per heavy atom. The van der Waals surface area contributed by atoms with E-state index in [1.807, 2.05) is 62.4 Å². The van der Waals surface area contributed by atoms with E-state index in [0.29, 0.717) is 28.5 Å². The van der Waals surface area contributed by atoms with Crippen LogP contribution < -0.4 is 5.32 Å². The standard InChI is InChI=1S/C29H27FN4O2/c1-4-20-11-15-21(16-12-20)26-25(28-32-27(33-36-28)22-13-9-18(2)10-14-22)19(3)34(29(35)31-26)17-23-7-5-6-8-24(23)30/h5-16,26H,4,17H2,1-3H3,(H,31,35). The predicted molar refractivity (Wildman–Crippen MR) is 136 cm³/mol. The highest BCUT2D eigenvalue weighted by molar-refractivity contribution is 5.86. The lowest BCUT2D eigenvalue weighted by Gasteiger charge is -2.35. The number of carbonyl (C=O) groups excluding carboxylic acids is 1. The monoisotopic (exact) mass is 482 g/mol. The maximum absolute atomic E-state index is 14.4. The lowest BCUT2D eigenvalue weighted by atomic mass is 9.93. The van der Waals surface area contributed by atoms with Crippen molar-refractivity contribution < 1.29 is 13.7 Å². The van der Waals surface area contributed by atoms with Crippen LogP contribution in [0.1, 0.15) is 48.0 Å². The van der Waals surface area contributed by atoms with Gasteiger partial charge in [-0.25, -0.2) is 9.18 Å². The number of allylic oxidation sites excluding steroid dienone is 1. The third-order valence-corrected chi connectivity index (χ3v) is 6.57. The molecule has 7 heteroatoms. The third kappa shape index (κ3) is 4.52. The minimum atomic E-state index is -0.494. The van der Waals surface area contributed by atoms with Gasteiger partial charge in [-0.15, -0.1) is 0 Å². The molecule has 182 valence electrons. The van der Waals surface area contributed by atoms with Crippen molar-refractivity contribution >= 4 is 11.6 Å². The van der Waals surface area contributed by atoms with Gasteiger partial charge in [-0.3, -0.25) is 4.90 Å². The number of aryl methyl sites for hydroxylation is 2. The molecule has 0 spiro atoms. The Hall–Kier alpha value is -4.26. The van der Waals surface area contributed by atoms with Crippen LogP contribution in [0.15, 0.2) is 83.0 Å². The summed E-state index contributed by atoms with van der Waals surface area (Å²) in [5.41, 5.74) is 5.80. The van der Waals surface area contributed by atoms with Crippen LogP contribution in [0.5, 0.6) is 0 Å². The van der Waals surface area contributed by atoms with Gasteiger partial charge in [-0.2, -0.15) is 4.98 Å². The van der Waals surface area contributed by atoms with Gasteiger partial charge in [-0.1, -0.05) is 84.4 Å². The van der Waals surface area contributed by atoms with E-state index in [4.69, 9.17) is 9.51 Å². The highest BCUT2D eigenvalue weighted by Crippen LogP contribution is 2.38. The van der Waals surface area contributed by atoms with Crippen LogP contribution in [-0.2, 0) is 13.0 Å². The Labute approximate surface area is 209 Å². The summed E-state index contributed by atoms with van der Waals surface area (Å²) in [4.78, 5) is 19.5. The summed E-state index contributed by atoms with van der Waals surface area (Å²) in [6.45, 7) is 6.02. The van der Waals surface area contributed by atoms with E-state index in [2.05, 4.69) is 17.4 Å². The van der Waals surface area contributed by atoms with Crippen LogP contribution >= 0.6 is 0 Å². The van der Waals surface area contributed by atoms with Crippen molar-refractivity contribution in [2.75, 3.05) is 0 Å². The summed E-state index contributed by atoms with van der Waals surface area (Å²) in [5, 5.41) is 7.29. The summed E-state index contributed by atoms with van der Waals surface area (Å²) >= 11 is 0. The molecule has 0 saturated carbocycles. The highest BCUT2D eigenvalue weighted by Gasteiger charge is 2.36. The zero-order valence-corrected chi connectivity index (χ0v) is 20.5. The molecule has 0 aliphatic carbocycles. The van der Waals surface area contributed by atoms with Crippen LogP contribution in [-0.4, -0.2) is 21.1 Å². The third-order valence-electron chi connectivity index (χ3n) is 6.57. The molecule has 2 amide bonds. The van der Waals surface area contributed by atoms with Crippen molar-refractivity contribution in [1.29, 1.82) is 0 Å². The van der Waals surface area contributed by atoms with Crippen molar-refractivity contribution in [2.45, 2.75) is 39.8 Å². The first-order chi connectivity index (χ1) is 17.4. The fourth-order valence-corrected chi connectivity index (χ4v) is 4.39. The molecule has 0 bridgehead atoms. The average Bonchev–Trinajstić information content (AvgIpc) is 3.37. The molecule has 1 aliphatic heterocycles. The Morgan fingerprint density at radius 2 is 1.72 bits per heavy atom. The first kappa shape index (κ1) is 23.5. The number of hydrogen-bond donors (Lipinski definition) is 1. The zero-order chi connectivity index (χ0) is 25.2. The topological polar surface area (TPSA) is 71.3 Å². The molecule has 1 aromatic heterocycles. The largest absolute Gasteiger partial charge is 0.334 e. The minimum Gasteiger partial charge on any atom is -0.334 e. The van der Waals surface area contributed by atoms with E-state index in [0.717, 1.165) is 23.1 Å². The number of aromatic nitrogens is 2. The van der Waals surface area contributed by atoms with Crippen LogP contribution in [0.2, 0.25) is 0 Å². The van der Waals surface area contributed by atoms with E-state index in [1.165, 1.54) is 16.5 Å². The molecule has 1 N–H and O–H groups in total. The maximum Gasteiger partial charge on any atom is 0.322 e. The summed E-state index contributed by atoms with van der Waals surface area (Å²) < 4.78 is 20.2. The van der Waals surface area contributed by atoms with Gasteiger partial charge >= 0.3 is 6.03 Å². The van der Waals surface area contributed by atoms with Crippen LogP contribution in [0.3, 0.4) is 0 Å². The Balaban J connectivity index is 1.59. The van der Waals surface area contributed by atoms with Gasteiger partial charge in [0.25, 0.3) is 5.89 Å². The van der Waals surface area contributed by atoms with E-state index >= 15 is 0 Å². The lowest BCUT2D eigenvalue weighted by molar-refractivity contribution is 0.202. The quantitative estimate of drug-likeness (QED) is 0.343. The summed E-state index contributed by atoms with van der Waals surface area (Å²) in [5.74, 6) is 0.408. The Kier molecular flexibility index (Phi) is 6.38. The van der Waals surface area contributed by atoms with Gasteiger partial charge in [-0.05, 0) is 37.5 Å². The predicted octanol–water partition coefficient (Wildman–Crippen LogP) is 6.44. The molecule has 1 unspecified atom stereocenters. The molecule has 0 saturated heterocycles. The number of halogens is 1. The summed E-state index contributed by atoms with van der Waals surface area (Å²) in [6, 6.07) is 21.6. The number of amides is 2. The normalized spacial score (nSPS) is 15.8. The summed E-state index contributed by atoms with van der Waals surface area (Å²) in [6.07, 6.45) is 0.916.